The van der Waals surface area contributed by atoms with E-state index >= 15 is 0 Å². The number of nitrogens with one attached hydrogen (secondary N) is 2. The predicted molar refractivity (Wildman–Crippen MR) is 164 cm³/mol. The van der Waals surface area contributed by atoms with Crippen LogP contribution in [0.25, 0.3) is 11.1 Å². The summed E-state index contributed by atoms with van der Waals surface area (Å²) in [5.74, 6) is 0.0140. The molecule has 3 amide bonds. The van der Waals surface area contributed by atoms with Crippen molar-refractivity contribution in [1.82, 2.24) is 10.2 Å². The SMILES string of the molecule is CC1CCCN1C(=O)Cc1cccc(-c2ccc(F)cc2)c1.CS.C[C@@H](NC=O)c1cc(C(=N)N)cs1.NC=O. The Morgan fingerprint density at radius 2 is 1.85 bits per heavy atom. The summed E-state index contributed by atoms with van der Waals surface area (Å²) in [7, 11) is 0. The van der Waals surface area contributed by atoms with Gasteiger partial charge in [0.05, 0.1) is 12.5 Å². The van der Waals surface area contributed by atoms with E-state index in [4.69, 9.17) is 15.9 Å². The molecule has 8 nitrogen and oxygen atoms in total. The fourth-order valence-electron chi connectivity index (χ4n) is 3.99. The van der Waals surface area contributed by atoms with Gasteiger partial charge >= 0.3 is 0 Å². The monoisotopic (exact) mass is 587 g/mol. The van der Waals surface area contributed by atoms with E-state index in [-0.39, 0.29) is 30.0 Å². The van der Waals surface area contributed by atoms with Crippen LogP contribution in [0, 0.1) is 11.2 Å². The number of amides is 3. The zero-order valence-corrected chi connectivity index (χ0v) is 24.7. The van der Waals surface area contributed by atoms with E-state index in [2.05, 4.69) is 30.6 Å². The number of amidine groups is 1. The number of thiophene rings is 1. The van der Waals surface area contributed by atoms with Crippen LogP contribution in [0.5, 0.6) is 0 Å². The first-order valence-corrected chi connectivity index (χ1v) is 14.3. The summed E-state index contributed by atoms with van der Waals surface area (Å²) < 4.78 is 13.0. The van der Waals surface area contributed by atoms with Gasteiger partial charge in [0.25, 0.3) is 0 Å². The lowest BCUT2D eigenvalue weighted by atomic mass is 10.0. The highest BCUT2D eigenvalue weighted by Gasteiger charge is 2.24. The minimum absolute atomic E-state index is 0.0180. The van der Waals surface area contributed by atoms with Gasteiger partial charge in [-0.05, 0) is 67.8 Å². The van der Waals surface area contributed by atoms with Crippen molar-refractivity contribution < 1.29 is 18.8 Å². The Hall–Kier alpha value is -3.70. The van der Waals surface area contributed by atoms with Crippen LogP contribution < -0.4 is 16.8 Å². The maximum absolute atomic E-state index is 13.0. The third-order valence-corrected chi connectivity index (χ3v) is 7.12. The normalized spacial score (nSPS) is 14.1. The maximum atomic E-state index is 13.0. The Morgan fingerprint density at radius 3 is 2.38 bits per heavy atom. The largest absolute Gasteiger partial charge is 0.384 e. The molecule has 0 bridgehead atoms. The minimum atomic E-state index is -0.238. The van der Waals surface area contributed by atoms with E-state index < -0.39 is 0 Å². The maximum Gasteiger partial charge on any atom is 0.227 e. The van der Waals surface area contributed by atoms with Crippen molar-refractivity contribution in [2.75, 3.05) is 12.8 Å². The summed E-state index contributed by atoms with van der Waals surface area (Å²) in [5, 5.41) is 11.6. The van der Waals surface area contributed by atoms with E-state index in [0.29, 0.717) is 24.4 Å². The van der Waals surface area contributed by atoms with E-state index in [0.717, 1.165) is 41.0 Å². The average Bonchev–Trinajstić information content (AvgIpc) is 3.61. The van der Waals surface area contributed by atoms with Gasteiger partial charge in [0, 0.05) is 28.4 Å². The molecule has 1 saturated heterocycles. The summed E-state index contributed by atoms with van der Waals surface area (Å²) in [6.45, 7) is 4.86. The number of hydrogen-bond donors (Lipinski definition) is 5. The first-order valence-electron chi connectivity index (χ1n) is 12.6. The van der Waals surface area contributed by atoms with Gasteiger partial charge in [-0.25, -0.2) is 4.39 Å². The Kier molecular flexibility index (Phi) is 15.9. The smallest absolute Gasteiger partial charge is 0.227 e. The molecular formula is C29H38FN5O3S2. The van der Waals surface area contributed by atoms with Gasteiger partial charge in [-0.1, -0.05) is 36.4 Å². The van der Waals surface area contributed by atoms with Crippen LogP contribution in [-0.2, 0) is 20.8 Å². The van der Waals surface area contributed by atoms with Gasteiger partial charge in [-0.3, -0.25) is 19.8 Å². The highest BCUT2D eigenvalue weighted by atomic mass is 32.1. The summed E-state index contributed by atoms with van der Waals surface area (Å²) in [6.07, 6.45) is 5.24. The topological polar surface area (TPSA) is 142 Å². The number of hydrogen-bond acceptors (Lipinski definition) is 6. The molecule has 1 aromatic heterocycles. The van der Waals surface area contributed by atoms with E-state index in [1.54, 1.807) is 23.8 Å². The molecule has 2 atom stereocenters. The first kappa shape index (κ1) is 34.3. The van der Waals surface area contributed by atoms with Gasteiger partial charge in [0.1, 0.15) is 11.7 Å². The van der Waals surface area contributed by atoms with Crippen LogP contribution in [-0.4, -0.2) is 48.3 Å². The van der Waals surface area contributed by atoms with Crippen LogP contribution in [0.4, 0.5) is 4.39 Å². The van der Waals surface area contributed by atoms with E-state index in [1.807, 2.05) is 42.2 Å². The number of primary amides is 1. The Morgan fingerprint density at radius 1 is 1.20 bits per heavy atom. The first-order chi connectivity index (χ1) is 19.2. The standard InChI is InChI=1S/C19H20FNO.C8H11N3OS.CH3NO.CH4S/c1-14-4-3-11-21(14)19(22)13-15-5-2-6-17(12-15)16-7-9-18(20)10-8-16;1-5(11-4-12)7-2-6(3-13-7)8(9)10;2-1-3;1-2/h2,5-10,12,14H,3-4,11,13H2,1H3;2-5H,1H3,(H3,9,10)(H,11,12);1H,(H2,2,3);2H,1H3/t;5-;;/m.1../s1. The van der Waals surface area contributed by atoms with Crippen molar-refractivity contribution in [2.24, 2.45) is 11.5 Å². The zero-order chi connectivity index (χ0) is 30.1. The third-order valence-electron chi connectivity index (χ3n) is 6.01. The second-order valence-corrected chi connectivity index (χ2v) is 9.70. The molecule has 0 aliphatic carbocycles. The second-order valence-electron chi connectivity index (χ2n) is 8.76. The van der Waals surface area contributed by atoms with Crippen LogP contribution in [0.15, 0.2) is 60.0 Å². The molecule has 1 unspecified atom stereocenters. The molecule has 3 aromatic rings. The number of nitrogens with zero attached hydrogens (tertiary/aromatic N) is 1. The van der Waals surface area contributed by atoms with Crippen molar-refractivity contribution >= 4 is 48.5 Å². The molecule has 0 saturated carbocycles. The van der Waals surface area contributed by atoms with E-state index in [1.165, 1.54) is 23.5 Å². The number of nitrogens with two attached hydrogens (primary N) is 2. The quantitative estimate of drug-likeness (QED) is 0.120. The summed E-state index contributed by atoms with van der Waals surface area (Å²) in [5.41, 5.74) is 13.2. The molecule has 1 aliphatic rings. The summed E-state index contributed by atoms with van der Waals surface area (Å²) >= 11 is 5.01. The molecular weight excluding hydrogens is 549 g/mol. The zero-order valence-electron chi connectivity index (χ0n) is 23.0. The molecule has 1 aliphatic heterocycles. The van der Waals surface area contributed by atoms with Gasteiger partial charge in [0.15, 0.2) is 0 Å². The molecule has 6 N–H and O–H groups in total. The van der Waals surface area contributed by atoms with Crippen LogP contribution in [0.2, 0.25) is 0 Å². The second kappa shape index (κ2) is 18.6. The van der Waals surface area contributed by atoms with Gasteiger partial charge in [-0.15, -0.1) is 11.3 Å². The lowest BCUT2D eigenvalue weighted by Gasteiger charge is -2.21. The Bertz CT molecular complexity index is 1220. The van der Waals surface area contributed by atoms with Crippen LogP contribution >= 0.6 is 24.0 Å². The van der Waals surface area contributed by atoms with Crippen LogP contribution in [0.3, 0.4) is 0 Å². The Labute approximate surface area is 244 Å². The van der Waals surface area contributed by atoms with Crippen molar-refractivity contribution in [3.05, 3.63) is 81.8 Å². The van der Waals surface area contributed by atoms with Gasteiger partial charge in [-0.2, -0.15) is 12.6 Å². The number of thiol groups is 1. The van der Waals surface area contributed by atoms with Crippen LogP contribution in [0.1, 0.15) is 48.7 Å². The van der Waals surface area contributed by atoms with Crippen molar-refractivity contribution in [3.63, 3.8) is 0 Å². The number of rotatable bonds is 7. The molecule has 0 radical (unpaired) electrons. The molecule has 0 spiro atoms. The fraction of sp³-hybridized carbons (Fsp3) is 0.310. The number of carbonyl (C=O) groups excluding carboxylic acids is 3. The van der Waals surface area contributed by atoms with Gasteiger partial charge < -0.3 is 21.7 Å². The number of nitrogen functional groups attached to an aromatic ring is 1. The number of likely N-dealkylation sites (tertiary alicyclic amines) is 1. The molecule has 4 rings (SSSR count). The predicted octanol–water partition coefficient (Wildman–Crippen LogP) is 4.53. The molecule has 2 heterocycles. The molecule has 1 fully saturated rings. The lowest BCUT2D eigenvalue weighted by Crippen LogP contribution is -2.34. The molecule has 40 heavy (non-hydrogen) atoms. The number of carbonyl (C=O) groups is 3. The third kappa shape index (κ3) is 11.2. The van der Waals surface area contributed by atoms with Crippen molar-refractivity contribution in [3.8, 4) is 11.1 Å². The van der Waals surface area contributed by atoms with E-state index in [9.17, 15) is 14.0 Å². The van der Waals surface area contributed by atoms with Crippen molar-refractivity contribution in [2.45, 2.75) is 45.2 Å². The number of halogens is 1. The molecule has 2 aromatic carbocycles. The average molecular weight is 588 g/mol. The molecule has 216 valence electrons. The van der Waals surface area contributed by atoms with Crippen molar-refractivity contribution in [1.29, 1.82) is 5.41 Å². The number of benzene rings is 2. The highest BCUT2D eigenvalue weighted by molar-refractivity contribution is 7.79. The lowest BCUT2D eigenvalue weighted by molar-refractivity contribution is -0.131. The van der Waals surface area contributed by atoms with Gasteiger partial charge in [0.2, 0.25) is 18.7 Å². The minimum Gasteiger partial charge on any atom is -0.384 e. The summed E-state index contributed by atoms with van der Waals surface area (Å²) in [4.78, 5) is 34.1. The highest BCUT2D eigenvalue weighted by Crippen LogP contribution is 2.23. The summed E-state index contributed by atoms with van der Waals surface area (Å²) in [6, 6.07) is 16.5. The Balaban J connectivity index is 0.000000379. The fourth-order valence-corrected chi connectivity index (χ4v) is 4.91. The molecule has 11 heteroatoms.